The third-order valence-corrected chi connectivity index (χ3v) is 5.42. The second-order valence-corrected chi connectivity index (χ2v) is 7.53. The van der Waals surface area contributed by atoms with Crippen LogP contribution < -0.4 is 9.47 Å². The Morgan fingerprint density at radius 1 is 1.21 bits per heavy atom. The van der Waals surface area contributed by atoms with Crippen molar-refractivity contribution in [3.63, 3.8) is 0 Å². The maximum absolute atomic E-state index is 9.01. The van der Waals surface area contributed by atoms with Crippen molar-refractivity contribution in [2.24, 2.45) is 0 Å². The standard InChI is InChI=1S/C23H29N3O3/c1-2-28-22-13-17(7-8-21(22)29-12-11-27)15-26-10-4-6-19(16-26)20-14-18-5-3-9-24-23(18)25-20/h3,5,7-9,13-14,19,27H,2,4,6,10-12,15-16H2,1H3,(H,24,25). The number of hydrogen-bond donors (Lipinski definition) is 2. The largest absolute Gasteiger partial charge is 0.490 e. The normalized spacial score (nSPS) is 17.5. The van der Waals surface area contributed by atoms with Crippen LogP contribution in [0.4, 0.5) is 0 Å². The minimum Gasteiger partial charge on any atom is -0.490 e. The molecule has 1 atom stereocenters. The summed E-state index contributed by atoms with van der Waals surface area (Å²) in [5, 5.41) is 10.2. The summed E-state index contributed by atoms with van der Waals surface area (Å²) < 4.78 is 11.3. The summed E-state index contributed by atoms with van der Waals surface area (Å²) in [6.07, 6.45) is 4.21. The first-order chi connectivity index (χ1) is 14.3. The number of nitrogens with zero attached hydrogens (tertiary/aromatic N) is 2. The Kier molecular flexibility index (Phi) is 6.32. The number of piperidine rings is 1. The number of aromatic amines is 1. The van der Waals surface area contributed by atoms with E-state index in [-0.39, 0.29) is 13.2 Å². The average Bonchev–Trinajstić information content (AvgIpc) is 3.18. The molecule has 1 fully saturated rings. The second-order valence-electron chi connectivity index (χ2n) is 7.53. The highest BCUT2D eigenvalue weighted by Crippen LogP contribution is 2.32. The molecule has 2 N–H and O–H groups in total. The molecule has 1 aromatic carbocycles. The highest BCUT2D eigenvalue weighted by molar-refractivity contribution is 5.76. The highest BCUT2D eigenvalue weighted by Gasteiger charge is 2.23. The second kappa shape index (κ2) is 9.29. The van der Waals surface area contributed by atoms with Gasteiger partial charge >= 0.3 is 0 Å². The average molecular weight is 396 g/mol. The van der Waals surface area contributed by atoms with E-state index in [4.69, 9.17) is 14.6 Å². The summed E-state index contributed by atoms with van der Waals surface area (Å²) in [5.74, 6) is 1.93. The van der Waals surface area contributed by atoms with Crippen LogP contribution in [0.1, 0.15) is 36.9 Å². The molecule has 0 amide bonds. The molecule has 1 aliphatic rings. The van der Waals surface area contributed by atoms with E-state index in [1.165, 1.54) is 29.5 Å². The first-order valence-corrected chi connectivity index (χ1v) is 10.4. The van der Waals surface area contributed by atoms with Crippen LogP contribution in [0.2, 0.25) is 0 Å². The van der Waals surface area contributed by atoms with Gasteiger partial charge in [-0.15, -0.1) is 0 Å². The van der Waals surface area contributed by atoms with Gasteiger partial charge in [-0.25, -0.2) is 4.98 Å². The lowest BCUT2D eigenvalue weighted by atomic mass is 9.94. The van der Waals surface area contributed by atoms with Gasteiger partial charge in [-0.2, -0.15) is 0 Å². The molecule has 29 heavy (non-hydrogen) atoms. The molecule has 0 radical (unpaired) electrons. The molecule has 0 saturated carbocycles. The molecule has 4 rings (SSSR count). The number of fused-ring (bicyclic) bond motifs is 1. The number of benzene rings is 1. The van der Waals surface area contributed by atoms with Crippen LogP contribution in [-0.2, 0) is 6.54 Å². The number of hydrogen-bond acceptors (Lipinski definition) is 5. The molecule has 0 spiro atoms. The number of nitrogens with one attached hydrogen (secondary N) is 1. The van der Waals surface area contributed by atoms with E-state index in [9.17, 15) is 0 Å². The van der Waals surface area contributed by atoms with Gasteiger partial charge < -0.3 is 19.6 Å². The summed E-state index contributed by atoms with van der Waals surface area (Å²) in [5.41, 5.74) is 3.47. The van der Waals surface area contributed by atoms with Gasteiger partial charge in [-0.3, -0.25) is 4.90 Å². The Morgan fingerprint density at radius 3 is 2.97 bits per heavy atom. The number of likely N-dealkylation sites (tertiary alicyclic amines) is 1. The topological polar surface area (TPSA) is 70.6 Å². The van der Waals surface area contributed by atoms with Crippen molar-refractivity contribution in [2.45, 2.75) is 32.2 Å². The minimum absolute atomic E-state index is 0.00818. The van der Waals surface area contributed by atoms with Gasteiger partial charge in [0, 0.05) is 36.3 Å². The number of pyridine rings is 1. The predicted molar refractivity (Wildman–Crippen MR) is 114 cm³/mol. The fourth-order valence-corrected chi connectivity index (χ4v) is 4.10. The van der Waals surface area contributed by atoms with Crippen LogP contribution in [0.25, 0.3) is 11.0 Å². The molecule has 1 saturated heterocycles. The summed E-state index contributed by atoms with van der Waals surface area (Å²) in [6.45, 7) is 5.82. The van der Waals surface area contributed by atoms with Crippen LogP contribution >= 0.6 is 0 Å². The van der Waals surface area contributed by atoms with Crippen molar-refractivity contribution in [1.82, 2.24) is 14.9 Å². The Balaban J connectivity index is 1.45. The number of aliphatic hydroxyl groups excluding tert-OH is 1. The van der Waals surface area contributed by atoms with Crippen molar-refractivity contribution in [3.8, 4) is 11.5 Å². The lowest BCUT2D eigenvalue weighted by Crippen LogP contribution is -2.34. The summed E-state index contributed by atoms with van der Waals surface area (Å²) in [7, 11) is 0. The number of rotatable bonds is 8. The van der Waals surface area contributed by atoms with Crippen LogP contribution in [0.3, 0.4) is 0 Å². The molecule has 1 unspecified atom stereocenters. The smallest absolute Gasteiger partial charge is 0.161 e. The van der Waals surface area contributed by atoms with E-state index < -0.39 is 0 Å². The maximum Gasteiger partial charge on any atom is 0.161 e. The molecule has 1 aliphatic heterocycles. The summed E-state index contributed by atoms with van der Waals surface area (Å²) >= 11 is 0. The van der Waals surface area contributed by atoms with Crippen LogP contribution in [0.15, 0.2) is 42.6 Å². The van der Waals surface area contributed by atoms with Crippen molar-refractivity contribution in [2.75, 3.05) is 32.9 Å². The van der Waals surface area contributed by atoms with E-state index in [0.29, 0.717) is 18.3 Å². The van der Waals surface area contributed by atoms with Crippen molar-refractivity contribution in [3.05, 3.63) is 53.9 Å². The van der Waals surface area contributed by atoms with Crippen molar-refractivity contribution in [1.29, 1.82) is 0 Å². The first kappa shape index (κ1) is 19.7. The molecule has 3 heterocycles. The molecule has 6 nitrogen and oxygen atoms in total. The zero-order valence-corrected chi connectivity index (χ0v) is 16.9. The number of ether oxygens (including phenoxy) is 2. The van der Waals surface area contributed by atoms with E-state index >= 15 is 0 Å². The Bertz CT molecular complexity index is 907. The highest BCUT2D eigenvalue weighted by atomic mass is 16.5. The molecule has 6 heteroatoms. The summed E-state index contributed by atoms with van der Waals surface area (Å²) in [4.78, 5) is 10.4. The number of aromatic nitrogens is 2. The SMILES string of the molecule is CCOc1cc(CN2CCCC(c3cc4cccnc4[nH]3)C2)ccc1OCCO. The number of aliphatic hydroxyl groups is 1. The molecule has 2 aromatic heterocycles. The molecular weight excluding hydrogens is 366 g/mol. The lowest BCUT2D eigenvalue weighted by molar-refractivity contribution is 0.192. The van der Waals surface area contributed by atoms with Crippen molar-refractivity contribution >= 4 is 11.0 Å². The zero-order valence-electron chi connectivity index (χ0n) is 16.9. The third-order valence-electron chi connectivity index (χ3n) is 5.42. The van der Waals surface area contributed by atoms with Gasteiger partial charge in [0.15, 0.2) is 11.5 Å². The van der Waals surface area contributed by atoms with E-state index in [1.807, 2.05) is 25.3 Å². The van der Waals surface area contributed by atoms with E-state index in [1.54, 1.807) is 0 Å². The molecule has 0 bridgehead atoms. The Morgan fingerprint density at radius 2 is 2.14 bits per heavy atom. The third kappa shape index (κ3) is 4.71. The lowest BCUT2D eigenvalue weighted by Gasteiger charge is -2.32. The van der Waals surface area contributed by atoms with Gasteiger partial charge in [-0.1, -0.05) is 6.07 Å². The van der Waals surface area contributed by atoms with Gasteiger partial charge in [0.05, 0.1) is 13.2 Å². The van der Waals surface area contributed by atoms with Crippen LogP contribution in [0, 0.1) is 0 Å². The van der Waals surface area contributed by atoms with Crippen LogP contribution in [0.5, 0.6) is 11.5 Å². The maximum atomic E-state index is 9.01. The van der Waals surface area contributed by atoms with E-state index in [2.05, 4.69) is 39.1 Å². The Labute approximate surface area is 171 Å². The summed E-state index contributed by atoms with van der Waals surface area (Å²) in [6, 6.07) is 12.4. The quantitative estimate of drug-likeness (QED) is 0.608. The minimum atomic E-state index is -0.00818. The van der Waals surface area contributed by atoms with Crippen molar-refractivity contribution < 1.29 is 14.6 Å². The first-order valence-electron chi connectivity index (χ1n) is 10.4. The fourth-order valence-electron chi connectivity index (χ4n) is 4.10. The number of H-pyrrole nitrogens is 1. The molecular formula is C23H29N3O3. The van der Waals surface area contributed by atoms with Gasteiger partial charge in [0.2, 0.25) is 0 Å². The van der Waals surface area contributed by atoms with Gasteiger partial charge in [0.1, 0.15) is 12.3 Å². The monoisotopic (exact) mass is 395 g/mol. The molecule has 3 aromatic rings. The Hall–Kier alpha value is -2.57. The van der Waals surface area contributed by atoms with Gasteiger partial charge in [0.25, 0.3) is 0 Å². The van der Waals surface area contributed by atoms with Crippen LogP contribution in [-0.4, -0.2) is 52.9 Å². The zero-order chi connectivity index (χ0) is 20.1. The van der Waals surface area contributed by atoms with Gasteiger partial charge in [-0.05, 0) is 62.2 Å². The molecule has 0 aliphatic carbocycles. The van der Waals surface area contributed by atoms with E-state index in [0.717, 1.165) is 31.0 Å². The predicted octanol–water partition coefficient (Wildman–Crippen LogP) is 3.71. The fraction of sp³-hybridized carbons (Fsp3) is 0.435. The molecule has 154 valence electrons.